The molecule has 1 amide bonds. The van der Waals surface area contributed by atoms with Crippen molar-refractivity contribution in [3.05, 3.63) is 102 Å². The number of aryl methyl sites for hydroxylation is 1. The Morgan fingerprint density at radius 3 is 2.22 bits per heavy atom. The molecule has 4 N–H and O–H groups in total. The average molecular weight is 442 g/mol. The van der Waals surface area contributed by atoms with Crippen LogP contribution in [0.2, 0.25) is 0 Å². The molecule has 0 saturated carbocycles. The standard InChI is InChI=1S/C26H23N2O3P/c1-17-6-5-9-24(32(30)31)25(17)19-10-12-20(13-11-19)26(29)28-23-16-21(14-15-22(23)27)18-7-3-2-4-8-18/h2-16,32H,27H2,1H3,(H,28,29)(H,30,31). The van der Waals surface area contributed by atoms with Crippen LogP contribution in [0.3, 0.4) is 0 Å². The van der Waals surface area contributed by atoms with Gasteiger partial charge in [0.15, 0.2) is 0 Å². The lowest BCUT2D eigenvalue weighted by atomic mass is 9.99. The van der Waals surface area contributed by atoms with Crippen molar-refractivity contribution >= 4 is 30.6 Å². The molecular weight excluding hydrogens is 419 g/mol. The number of carbonyl (C=O) groups excluding carboxylic acids is 1. The quantitative estimate of drug-likeness (QED) is 0.291. The summed E-state index contributed by atoms with van der Waals surface area (Å²) in [5.74, 6) is -0.283. The highest BCUT2D eigenvalue weighted by Crippen LogP contribution is 2.30. The number of hydrogen-bond donors (Lipinski definition) is 3. The zero-order valence-electron chi connectivity index (χ0n) is 17.5. The third kappa shape index (κ3) is 4.50. The second kappa shape index (κ2) is 9.23. The maximum atomic E-state index is 12.9. The number of amides is 1. The van der Waals surface area contributed by atoms with E-state index in [9.17, 15) is 14.3 Å². The van der Waals surface area contributed by atoms with Crippen LogP contribution in [0.5, 0.6) is 0 Å². The number of carbonyl (C=O) groups is 1. The Kier molecular flexibility index (Phi) is 6.22. The number of benzene rings is 4. The van der Waals surface area contributed by atoms with Gasteiger partial charge in [0.05, 0.1) is 11.4 Å². The van der Waals surface area contributed by atoms with Crippen molar-refractivity contribution in [1.29, 1.82) is 0 Å². The molecule has 0 saturated heterocycles. The smallest absolute Gasteiger partial charge is 0.255 e. The van der Waals surface area contributed by atoms with Gasteiger partial charge in [-0.3, -0.25) is 9.36 Å². The first-order chi connectivity index (χ1) is 15.4. The topological polar surface area (TPSA) is 92.4 Å². The van der Waals surface area contributed by atoms with Gasteiger partial charge in [-0.25, -0.2) is 0 Å². The third-order valence-electron chi connectivity index (χ3n) is 5.35. The molecular formula is C26H23N2O3P. The maximum Gasteiger partial charge on any atom is 0.255 e. The van der Waals surface area contributed by atoms with Crippen LogP contribution >= 0.6 is 8.03 Å². The predicted octanol–water partition coefficient (Wildman–Crippen LogP) is 5.26. The number of nitrogens with two attached hydrogens (primary N) is 1. The molecule has 1 atom stereocenters. The van der Waals surface area contributed by atoms with Crippen LogP contribution in [0, 0.1) is 6.92 Å². The van der Waals surface area contributed by atoms with Crippen molar-refractivity contribution in [3.8, 4) is 22.3 Å². The highest BCUT2D eigenvalue weighted by atomic mass is 31.1. The summed E-state index contributed by atoms with van der Waals surface area (Å²) in [7, 11) is -2.85. The molecule has 4 aromatic carbocycles. The minimum atomic E-state index is -2.85. The van der Waals surface area contributed by atoms with Crippen molar-refractivity contribution in [2.24, 2.45) is 0 Å². The van der Waals surface area contributed by atoms with Crippen LogP contribution in [-0.4, -0.2) is 10.8 Å². The molecule has 0 bridgehead atoms. The Hall–Kier alpha value is -3.66. The predicted molar refractivity (Wildman–Crippen MR) is 132 cm³/mol. The summed E-state index contributed by atoms with van der Waals surface area (Å²) in [5, 5.41) is 3.30. The molecule has 160 valence electrons. The van der Waals surface area contributed by atoms with Crippen LogP contribution < -0.4 is 16.4 Å². The van der Waals surface area contributed by atoms with Crippen LogP contribution in [0.1, 0.15) is 15.9 Å². The first-order valence-corrected chi connectivity index (χ1v) is 11.5. The van der Waals surface area contributed by atoms with E-state index in [-0.39, 0.29) is 5.91 Å². The molecule has 5 nitrogen and oxygen atoms in total. The zero-order chi connectivity index (χ0) is 22.7. The lowest BCUT2D eigenvalue weighted by Gasteiger charge is -2.13. The highest BCUT2D eigenvalue weighted by Gasteiger charge is 2.14. The molecule has 1 unspecified atom stereocenters. The highest BCUT2D eigenvalue weighted by molar-refractivity contribution is 7.47. The normalized spacial score (nSPS) is 11.7. The summed E-state index contributed by atoms with van der Waals surface area (Å²) in [4.78, 5) is 22.6. The van der Waals surface area contributed by atoms with Crippen LogP contribution in [0.4, 0.5) is 11.4 Å². The largest absolute Gasteiger partial charge is 0.397 e. The summed E-state index contributed by atoms with van der Waals surface area (Å²) in [6.07, 6.45) is 0. The zero-order valence-corrected chi connectivity index (χ0v) is 18.5. The number of nitrogens with one attached hydrogen (secondary N) is 1. The lowest BCUT2D eigenvalue weighted by Crippen LogP contribution is -2.13. The molecule has 0 aliphatic carbocycles. The molecule has 4 aromatic rings. The molecule has 0 fully saturated rings. The fourth-order valence-electron chi connectivity index (χ4n) is 3.69. The van der Waals surface area contributed by atoms with E-state index in [4.69, 9.17) is 5.73 Å². The van der Waals surface area contributed by atoms with E-state index in [1.54, 1.807) is 42.5 Å². The van der Waals surface area contributed by atoms with Gasteiger partial charge in [0, 0.05) is 10.9 Å². The van der Waals surface area contributed by atoms with Gasteiger partial charge in [-0.2, -0.15) is 0 Å². The van der Waals surface area contributed by atoms with Gasteiger partial charge in [0.1, 0.15) is 0 Å². The summed E-state index contributed by atoms with van der Waals surface area (Å²) in [6.45, 7) is 1.90. The van der Waals surface area contributed by atoms with Crippen LogP contribution in [-0.2, 0) is 4.57 Å². The van der Waals surface area contributed by atoms with Gasteiger partial charge in [-0.05, 0) is 65.1 Å². The lowest BCUT2D eigenvalue weighted by molar-refractivity contribution is 0.102. The summed E-state index contributed by atoms with van der Waals surface area (Å²) in [5.41, 5.74) is 12.0. The molecule has 6 heteroatoms. The molecule has 0 radical (unpaired) electrons. The Bertz CT molecular complexity index is 1300. The Morgan fingerprint density at radius 2 is 1.53 bits per heavy atom. The van der Waals surface area contributed by atoms with E-state index in [1.807, 2.05) is 55.5 Å². The minimum Gasteiger partial charge on any atom is -0.397 e. The fourth-order valence-corrected chi connectivity index (χ4v) is 4.48. The first-order valence-electron chi connectivity index (χ1n) is 10.1. The first kappa shape index (κ1) is 21.6. The van der Waals surface area contributed by atoms with Crippen LogP contribution in [0.15, 0.2) is 91.0 Å². The molecule has 0 heterocycles. The summed E-state index contributed by atoms with van der Waals surface area (Å²) >= 11 is 0. The fraction of sp³-hybridized carbons (Fsp3) is 0.0385. The van der Waals surface area contributed by atoms with Gasteiger partial charge < -0.3 is 15.9 Å². The van der Waals surface area contributed by atoms with Gasteiger partial charge in [-0.15, -0.1) is 0 Å². The number of nitrogen functional groups attached to an aromatic ring is 1. The van der Waals surface area contributed by atoms with E-state index in [0.717, 1.165) is 27.8 Å². The van der Waals surface area contributed by atoms with Crippen molar-refractivity contribution in [3.63, 3.8) is 0 Å². The van der Waals surface area contributed by atoms with E-state index in [1.165, 1.54) is 0 Å². The van der Waals surface area contributed by atoms with Crippen molar-refractivity contribution in [1.82, 2.24) is 0 Å². The van der Waals surface area contributed by atoms with Crippen LogP contribution in [0.25, 0.3) is 22.3 Å². The van der Waals surface area contributed by atoms with Crippen molar-refractivity contribution in [2.75, 3.05) is 11.1 Å². The number of hydrogen-bond acceptors (Lipinski definition) is 3. The minimum absolute atomic E-state index is 0.283. The van der Waals surface area contributed by atoms with Gasteiger partial charge in [0.25, 0.3) is 5.91 Å². The third-order valence-corrected chi connectivity index (χ3v) is 6.23. The van der Waals surface area contributed by atoms with E-state index in [0.29, 0.717) is 22.2 Å². The van der Waals surface area contributed by atoms with E-state index in [2.05, 4.69) is 5.32 Å². The molecule has 4 rings (SSSR count). The molecule has 32 heavy (non-hydrogen) atoms. The Labute approximate surface area is 187 Å². The Morgan fingerprint density at radius 1 is 0.844 bits per heavy atom. The summed E-state index contributed by atoms with van der Waals surface area (Å²) < 4.78 is 11.8. The van der Waals surface area contributed by atoms with E-state index >= 15 is 0 Å². The van der Waals surface area contributed by atoms with Gasteiger partial charge in [0.2, 0.25) is 8.03 Å². The molecule has 0 aromatic heterocycles. The SMILES string of the molecule is Cc1cccc([PH](=O)O)c1-c1ccc(C(=O)Nc2cc(-c3ccccc3)ccc2N)cc1. The van der Waals surface area contributed by atoms with Crippen molar-refractivity contribution in [2.45, 2.75) is 6.92 Å². The summed E-state index contributed by atoms with van der Waals surface area (Å²) in [6, 6.07) is 27.7. The number of rotatable bonds is 5. The van der Waals surface area contributed by atoms with Crippen molar-refractivity contribution < 1.29 is 14.3 Å². The van der Waals surface area contributed by atoms with Gasteiger partial charge in [-0.1, -0.05) is 60.7 Å². The second-order valence-corrected chi connectivity index (χ2v) is 8.65. The molecule has 0 aliphatic heterocycles. The maximum absolute atomic E-state index is 12.9. The Balaban J connectivity index is 1.59. The van der Waals surface area contributed by atoms with Gasteiger partial charge >= 0.3 is 0 Å². The number of anilines is 2. The molecule has 0 spiro atoms. The molecule has 0 aliphatic rings. The average Bonchev–Trinajstić information content (AvgIpc) is 2.81. The second-order valence-electron chi connectivity index (χ2n) is 7.50. The van der Waals surface area contributed by atoms with E-state index < -0.39 is 8.03 Å². The monoisotopic (exact) mass is 442 g/mol.